The van der Waals surface area contributed by atoms with E-state index in [1.807, 2.05) is 0 Å². The van der Waals surface area contributed by atoms with Crippen LogP contribution in [0.25, 0.3) is 11.2 Å². The number of H-pyrrole nitrogens is 1. The SMILES string of the molecule is CC(C)C(Nc1nc(N)nc2nc[nH]c12)C(=O)O. The largest absolute Gasteiger partial charge is 0.480 e. The van der Waals surface area contributed by atoms with E-state index >= 15 is 0 Å². The van der Waals surface area contributed by atoms with Crippen LogP contribution in [0.3, 0.4) is 0 Å². The minimum atomic E-state index is -0.949. The van der Waals surface area contributed by atoms with Gasteiger partial charge >= 0.3 is 5.97 Å². The highest BCUT2D eigenvalue weighted by Gasteiger charge is 2.23. The van der Waals surface area contributed by atoms with E-state index in [-0.39, 0.29) is 11.9 Å². The lowest BCUT2D eigenvalue weighted by Gasteiger charge is -2.18. The Kier molecular flexibility index (Phi) is 3.00. The predicted molar refractivity (Wildman–Crippen MR) is 66.0 cm³/mol. The van der Waals surface area contributed by atoms with Gasteiger partial charge in [0.05, 0.1) is 6.33 Å². The Morgan fingerprint density at radius 3 is 2.83 bits per heavy atom. The first-order valence-electron chi connectivity index (χ1n) is 5.45. The molecule has 96 valence electrons. The summed E-state index contributed by atoms with van der Waals surface area (Å²) in [4.78, 5) is 25.9. The molecule has 0 saturated heterocycles. The van der Waals surface area contributed by atoms with Gasteiger partial charge in [0.15, 0.2) is 11.5 Å². The van der Waals surface area contributed by atoms with Crippen LogP contribution in [0, 0.1) is 5.92 Å². The van der Waals surface area contributed by atoms with Crippen molar-refractivity contribution in [2.24, 2.45) is 5.92 Å². The quantitative estimate of drug-likeness (QED) is 0.620. The summed E-state index contributed by atoms with van der Waals surface area (Å²) >= 11 is 0. The molecule has 0 radical (unpaired) electrons. The molecule has 0 bridgehead atoms. The third-order valence-corrected chi connectivity index (χ3v) is 2.53. The number of fused-ring (bicyclic) bond motifs is 1. The van der Waals surface area contributed by atoms with E-state index in [0.29, 0.717) is 17.0 Å². The van der Waals surface area contributed by atoms with Crippen molar-refractivity contribution in [3.05, 3.63) is 6.33 Å². The summed E-state index contributed by atoms with van der Waals surface area (Å²) in [7, 11) is 0. The lowest BCUT2D eigenvalue weighted by Crippen LogP contribution is -2.34. The van der Waals surface area contributed by atoms with E-state index in [1.165, 1.54) is 6.33 Å². The van der Waals surface area contributed by atoms with Crippen molar-refractivity contribution in [1.82, 2.24) is 19.9 Å². The molecular formula is C10H14N6O2. The van der Waals surface area contributed by atoms with Crippen molar-refractivity contribution in [2.45, 2.75) is 19.9 Å². The van der Waals surface area contributed by atoms with Gasteiger partial charge in [0.25, 0.3) is 0 Å². The van der Waals surface area contributed by atoms with E-state index in [0.717, 1.165) is 0 Å². The van der Waals surface area contributed by atoms with E-state index in [4.69, 9.17) is 10.8 Å². The normalized spacial score (nSPS) is 12.8. The van der Waals surface area contributed by atoms with Crippen LogP contribution in [-0.2, 0) is 4.79 Å². The van der Waals surface area contributed by atoms with Crippen molar-refractivity contribution in [3.63, 3.8) is 0 Å². The summed E-state index contributed by atoms with van der Waals surface area (Å²) in [5.74, 6) is -0.660. The van der Waals surface area contributed by atoms with Crippen LogP contribution in [0.4, 0.5) is 11.8 Å². The van der Waals surface area contributed by atoms with E-state index in [9.17, 15) is 4.79 Å². The van der Waals surface area contributed by atoms with Gasteiger partial charge in [-0.15, -0.1) is 0 Å². The highest BCUT2D eigenvalue weighted by Crippen LogP contribution is 2.19. The van der Waals surface area contributed by atoms with Crippen LogP contribution in [0.15, 0.2) is 6.33 Å². The first-order chi connectivity index (χ1) is 8.49. The van der Waals surface area contributed by atoms with Crippen molar-refractivity contribution in [2.75, 3.05) is 11.1 Å². The Labute approximate surface area is 103 Å². The van der Waals surface area contributed by atoms with Gasteiger partial charge in [-0.1, -0.05) is 13.8 Å². The molecule has 1 atom stereocenters. The molecule has 2 heterocycles. The number of imidazole rings is 1. The lowest BCUT2D eigenvalue weighted by molar-refractivity contribution is -0.138. The third-order valence-electron chi connectivity index (χ3n) is 2.53. The number of aromatic amines is 1. The molecule has 2 aromatic rings. The zero-order valence-corrected chi connectivity index (χ0v) is 10.0. The smallest absolute Gasteiger partial charge is 0.326 e. The highest BCUT2D eigenvalue weighted by atomic mass is 16.4. The fraction of sp³-hybridized carbons (Fsp3) is 0.400. The van der Waals surface area contributed by atoms with Gasteiger partial charge in [0.2, 0.25) is 5.95 Å². The number of nitrogens with one attached hydrogen (secondary N) is 2. The molecule has 0 amide bonds. The molecule has 5 N–H and O–H groups in total. The first kappa shape index (κ1) is 12.1. The second-order valence-corrected chi connectivity index (χ2v) is 4.24. The molecule has 2 rings (SSSR count). The van der Waals surface area contributed by atoms with Gasteiger partial charge in [0.1, 0.15) is 11.6 Å². The Morgan fingerprint density at radius 1 is 1.50 bits per heavy atom. The molecule has 0 aliphatic carbocycles. The Morgan fingerprint density at radius 2 is 2.22 bits per heavy atom. The average Bonchev–Trinajstić information content (AvgIpc) is 2.72. The van der Waals surface area contributed by atoms with Crippen LogP contribution in [0.5, 0.6) is 0 Å². The molecule has 8 nitrogen and oxygen atoms in total. The predicted octanol–water partition coefficient (Wildman–Crippen LogP) is 0.456. The van der Waals surface area contributed by atoms with Crippen molar-refractivity contribution in [3.8, 4) is 0 Å². The van der Waals surface area contributed by atoms with Crippen molar-refractivity contribution in [1.29, 1.82) is 0 Å². The fourth-order valence-corrected chi connectivity index (χ4v) is 1.62. The Hall–Kier alpha value is -2.38. The van der Waals surface area contributed by atoms with Gasteiger partial charge < -0.3 is 21.1 Å². The first-order valence-corrected chi connectivity index (χ1v) is 5.45. The Balaban J connectivity index is 2.41. The summed E-state index contributed by atoms with van der Waals surface area (Å²) in [6.07, 6.45) is 1.45. The number of aliphatic carboxylic acids is 1. The lowest BCUT2D eigenvalue weighted by atomic mass is 10.1. The molecule has 18 heavy (non-hydrogen) atoms. The molecule has 0 aliphatic rings. The third kappa shape index (κ3) is 2.17. The number of rotatable bonds is 4. The zero-order chi connectivity index (χ0) is 13.3. The number of carboxylic acids is 1. The molecule has 8 heteroatoms. The number of carbonyl (C=O) groups is 1. The van der Waals surface area contributed by atoms with Crippen LogP contribution in [0.1, 0.15) is 13.8 Å². The minimum Gasteiger partial charge on any atom is -0.480 e. The van der Waals surface area contributed by atoms with E-state index in [1.54, 1.807) is 13.8 Å². The molecular weight excluding hydrogens is 236 g/mol. The number of hydrogen-bond donors (Lipinski definition) is 4. The maximum atomic E-state index is 11.1. The standard InChI is InChI=1S/C10H14N6O2/c1-4(2)5(9(17)18)14-8-6-7(13-3-12-6)15-10(11)16-8/h3-5H,1-2H3,(H,17,18)(H4,11,12,13,14,15,16). The molecule has 0 aromatic carbocycles. The average molecular weight is 250 g/mol. The molecule has 0 fully saturated rings. The van der Waals surface area contributed by atoms with Gasteiger partial charge in [-0.25, -0.2) is 9.78 Å². The number of anilines is 2. The molecule has 0 spiro atoms. The van der Waals surface area contributed by atoms with Crippen molar-refractivity contribution < 1.29 is 9.90 Å². The number of nitrogen functional groups attached to an aromatic ring is 1. The molecule has 1 unspecified atom stereocenters. The number of nitrogens with zero attached hydrogens (tertiary/aromatic N) is 3. The minimum absolute atomic E-state index is 0.0463. The Bertz CT molecular complexity index is 579. The maximum Gasteiger partial charge on any atom is 0.326 e. The van der Waals surface area contributed by atoms with Crippen LogP contribution in [0.2, 0.25) is 0 Å². The second-order valence-electron chi connectivity index (χ2n) is 4.24. The van der Waals surface area contributed by atoms with Gasteiger partial charge in [0, 0.05) is 0 Å². The fourth-order valence-electron chi connectivity index (χ4n) is 1.62. The number of nitrogens with two attached hydrogens (primary N) is 1. The number of carboxylic acid groups (broad SMARTS) is 1. The van der Waals surface area contributed by atoms with Crippen LogP contribution >= 0.6 is 0 Å². The summed E-state index contributed by atoms with van der Waals surface area (Å²) in [5, 5.41) is 12.0. The number of hydrogen-bond acceptors (Lipinski definition) is 6. The number of aromatic nitrogens is 4. The monoisotopic (exact) mass is 250 g/mol. The van der Waals surface area contributed by atoms with Crippen LogP contribution in [-0.4, -0.2) is 37.1 Å². The van der Waals surface area contributed by atoms with E-state index < -0.39 is 12.0 Å². The summed E-state index contributed by atoms with van der Waals surface area (Å²) in [6, 6.07) is -0.759. The van der Waals surface area contributed by atoms with E-state index in [2.05, 4.69) is 25.3 Å². The van der Waals surface area contributed by atoms with Crippen LogP contribution < -0.4 is 11.1 Å². The topological polar surface area (TPSA) is 130 Å². The van der Waals surface area contributed by atoms with Crippen molar-refractivity contribution >= 4 is 28.9 Å². The van der Waals surface area contributed by atoms with Gasteiger partial charge in [-0.05, 0) is 5.92 Å². The maximum absolute atomic E-state index is 11.1. The van der Waals surface area contributed by atoms with Gasteiger partial charge in [-0.3, -0.25) is 0 Å². The zero-order valence-electron chi connectivity index (χ0n) is 10.0. The summed E-state index contributed by atoms with van der Waals surface area (Å²) in [6.45, 7) is 3.61. The molecule has 0 aliphatic heterocycles. The summed E-state index contributed by atoms with van der Waals surface area (Å²) < 4.78 is 0. The molecule has 0 saturated carbocycles. The van der Waals surface area contributed by atoms with Gasteiger partial charge in [-0.2, -0.15) is 9.97 Å². The second kappa shape index (κ2) is 4.47. The molecule has 2 aromatic heterocycles. The highest BCUT2D eigenvalue weighted by molar-refractivity contribution is 5.86. The summed E-state index contributed by atoms with van der Waals surface area (Å²) in [5.41, 5.74) is 6.49.